The van der Waals surface area contributed by atoms with Crippen molar-refractivity contribution in [3.63, 3.8) is 0 Å². The quantitative estimate of drug-likeness (QED) is 0.564. The highest BCUT2D eigenvalue weighted by molar-refractivity contribution is 6.23. The lowest BCUT2D eigenvalue weighted by Gasteiger charge is -2.28. The Kier molecular flexibility index (Phi) is 5.11. The largest absolute Gasteiger partial charge is 0.494 e. The summed E-state index contributed by atoms with van der Waals surface area (Å²) in [6.07, 6.45) is -0.968. The SMILES string of the molecule is CCOc1ccc([C@H]2[C@@H]3C(=O)N(c4ccc(F)cc4)C(=O)[C@H]3ON2c2ccccc2)cc1. The molecule has 3 atom stereocenters. The molecule has 2 aliphatic rings. The van der Waals surface area contributed by atoms with Gasteiger partial charge in [0, 0.05) is 0 Å². The van der Waals surface area contributed by atoms with E-state index in [9.17, 15) is 14.0 Å². The second-order valence-electron chi connectivity index (χ2n) is 7.65. The van der Waals surface area contributed by atoms with Crippen molar-refractivity contribution in [2.24, 2.45) is 5.92 Å². The Morgan fingerprint density at radius 2 is 1.56 bits per heavy atom. The number of amides is 2. The van der Waals surface area contributed by atoms with Gasteiger partial charge in [-0.25, -0.2) is 14.4 Å². The van der Waals surface area contributed by atoms with E-state index in [1.165, 1.54) is 24.3 Å². The van der Waals surface area contributed by atoms with Gasteiger partial charge in [-0.1, -0.05) is 30.3 Å². The van der Waals surface area contributed by atoms with E-state index >= 15 is 0 Å². The Morgan fingerprint density at radius 3 is 2.22 bits per heavy atom. The molecule has 6 nitrogen and oxygen atoms in total. The van der Waals surface area contributed by atoms with Crippen LogP contribution in [0.5, 0.6) is 5.75 Å². The third-order valence-electron chi connectivity index (χ3n) is 5.74. The van der Waals surface area contributed by atoms with Gasteiger partial charge in [-0.15, -0.1) is 0 Å². The van der Waals surface area contributed by atoms with Gasteiger partial charge in [-0.05, 0) is 61.0 Å². The molecule has 3 aromatic carbocycles. The third kappa shape index (κ3) is 3.31. The first-order valence-electron chi connectivity index (χ1n) is 10.5. The first-order valence-corrected chi connectivity index (χ1v) is 10.5. The normalized spacial score (nSPS) is 22.4. The molecule has 2 heterocycles. The number of halogens is 1. The van der Waals surface area contributed by atoms with Gasteiger partial charge >= 0.3 is 0 Å². The van der Waals surface area contributed by atoms with Gasteiger partial charge in [-0.3, -0.25) is 14.4 Å². The van der Waals surface area contributed by atoms with E-state index in [1.54, 1.807) is 5.06 Å². The van der Waals surface area contributed by atoms with Crippen LogP contribution >= 0.6 is 0 Å². The van der Waals surface area contributed by atoms with E-state index in [0.717, 1.165) is 21.9 Å². The summed E-state index contributed by atoms with van der Waals surface area (Å²) >= 11 is 0. The minimum atomic E-state index is -0.968. The van der Waals surface area contributed by atoms with Gasteiger partial charge in [0.15, 0.2) is 6.10 Å². The van der Waals surface area contributed by atoms with Crippen molar-refractivity contribution in [2.75, 3.05) is 16.6 Å². The zero-order valence-electron chi connectivity index (χ0n) is 17.4. The second-order valence-corrected chi connectivity index (χ2v) is 7.65. The number of carbonyl (C=O) groups excluding carboxylic acids is 2. The van der Waals surface area contributed by atoms with Crippen LogP contribution in [0, 0.1) is 11.7 Å². The molecule has 2 fully saturated rings. The zero-order chi connectivity index (χ0) is 22.2. The maximum atomic E-state index is 13.5. The summed E-state index contributed by atoms with van der Waals surface area (Å²) in [5, 5.41) is 1.64. The average Bonchev–Trinajstić information content (AvgIpc) is 3.32. The standard InChI is InChI=1S/C25H21FN2O4/c1-2-31-20-14-8-16(9-15-20)22-21-23(32-28(22)19-6-4-3-5-7-19)25(30)27(24(21)29)18-12-10-17(26)11-13-18/h3-15,21-23H,2H2,1H3/t21-,22-,23-/m0/s1. The summed E-state index contributed by atoms with van der Waals surface area (Å²) in [6, 6.07) is 21.6. The molecule has 2 saturated heterocycles. The number of nitrogens with zero attached hydrogens (tertiary/aromatic N) is 2. The molecular weight excluding hydrogens is 411 g/mol. The van der Waals surface area contributed by atoms with Crippen molar-refractivity contribution in [3.8, 4) is 5.75 Å². The zero-order valence-corrected chi connectivity index (χ0v) is 17.4. The minimum Gasteiger partial charge on any atom is -0.494 e. The molecule has 0 radical (unpaired) electrons. The Bertz CT molecular complexity index is 1130. The number of benzene rings is 3. The number of rotatable bonds is 5. The average molecular weight is 432 g/mol. The highest BCUT2D eigenvalue weighted by Gasteiger charge is 2.60. The Hall–Kier alpha value is -3.71. The van der Waals surface area contributed by atoms with E-state index in [4.69, 9.17) is 9.57 Å². The maximum absolute atomic E-state index is 13.5. The molecule has 0 aromatic heterocycles. The number of anilines is 2. The molecule has 2 aliphatic heterocycles. The number of fused-ring (bicyclic) bond motifs is 1. The number of para-hydroxylation sites is 1. The van der Waals surface area contributed by atoms with Crippen molar-refractivity contribution in [2.45, 2.75) is 19.1 Å². The Labute approximate surface area is 184 Å². The highest BCUT2D eigenvalue weighted by atomic mass is 19.1. The molecule has 0 N–H and O–H groups in total. The summed E-state index contributed by atoms with van der Waals surface area (Å²) in [4.78, 5) is 33.9. The fraction of sp³-hybridized carbons (Fsp3) is 0.200. The summed E-state index contributed by atoms with van der Waals surface area (Å²) in [7, 11) is 0. The summed E-state index contributed by atoms with van der Waals surface area (Å²) < 4.78 is 18.9. The van der Waals surface area contributed by atoms with Crippen LogP contribution < -0.4 is 14.7 Å². The molecule has 2 amide bonds. The summed E-state index contributed by atoms with van der Waals surface area (Å²) in [5.41, 5.74) is 1.90. The molecular formula is C25H21FN2O4. The van der Waals surface area contributed by atoms with Crippen LogP contribution in [0.25, 0.3) is 0 Å². The maximum Gasteiger partial charge on any atom is 0.266 e. The molecule has 162 valence electrons. The van der Waals surface area contributed by atoms with Gasteiger partial charge in [0.1, 0.15) is 17.5 Å². The van der Waals surface area contributed by atoms with Crippen molar-refractivity contribution in [1.82, 2.24) is 0 Å². The van der Waals surface area contributed by atoms with E-state index in [1.807, 2.05) is 61.5 Å². The molecule has 0 aliphatic carbocycles. The number of hydroxylamine groups is 1. The van der Waals surface area contributed by atoms with Crippen LogP contribution in [-0.2, 0) is 14.4 Å². The number of carbonyl (C=O) groups is 2. The predicted octanol–water partition coefficient (Wildman–Crippen LogP) is 4.28. The molecule has 5 rings (SSSR count). The second kappa shape index (κ2) is 8.09. The van der Waals surface area contributed by atoms with Crippen LogP contribution in [0.2, 0.25) is 0 Å². The number of imide groups is 1. The number of hydrogen-bond acceptors (Lipinski definition) is 5. The smallest absolute Gasteiger partial charge is 0.266 e. The van der Waals surface area contributed by atoms with Gasteiger partial charge in [0.05, 0.1) is 24.0 Å². The number of ether oxygens (including phenoxy) is 1. The highest BCUT2D eigenvalue weighted by Crippen LogP contribution is 2.47. The van der Waals surface area contributed by atoms with Crippen molar-refractivity contribution in [3.05, 3.63) is 90.2 Å². The van der Waals surface area contributed by atoms with E-state index in [2.05, 4.69) is 0 Å². The lowest BCUT2D eigenvalue weighted by Crippen LogP contribution is -2.37. The number of hydrogen-bond donors (Lipinski definition) is 0. The van der Waals surface area contributed by atoms with Gasteiger partial charge in [-0.2, -0.15) is 0 Å². The summed E-state index contributed by atoms with van der Waals surface area (Å²) in [6.45, 7) is 2.46. The molecule has 7 heteroatoms. The molecule has 32 heavy (non-hydrogen) atoms. The lowest BCUT2D eigenvalue weighted by atomic mass is 9.90. The predicted molar refractivity (Wildman–Crippen MR) is 117 cm³/mol. The van der Waals surface area contributed by atoms with E-state index in [-0.39, 0.29) is 5.91 Å². The first kappa shape index (κ1) is 20.2. The Morgan fingerprint density at radius 1 is 0.875 bits per heavy atom. The molecule has 0 bridgehead atoms. The van der Waals surface area contributed by atoms with Gasteiger partial charge in [0.2, 0.25) is 5.91 Å². The lowest BCUT2D eigenvalue weighted by molar-refractivity contribution is -0.126. The molecule has 0 unspecified atom stereocenters. The van der Waals surface area contributed by atoms with Crippen LogP contribution in [0.4, 0.5) is 15.8 Å². The topological polar surface area (TPSA) is 59.1 Å². The molecule has 0 saturated carbocycles. The van der Waals surface area contributed by atoms with Crippen molar-refractivity contribution >= 4 is 23.2 Å². The van der Waals surface area contributed by atoms with E-state index < -0.39 is 29.8 Å². The molecule has 3 aromatic rings. The van der Waals surface area contributed by atoms with Crippen LogP contribution in [0.3, 0.4) is 0 Å². The third-order valence-corrected chi connectivity index (χ3v) is 5.74. The van der Waals surface area contributed by atoms with Gasteiger partial charge in [0.25, 0.3) is 5.91 Å². The minimum absolute atomic E-state index is 0.330. The fourth-order valence-electron chi connectivity index (χ4n) is 4.32. The van der Waals surface area contributed by atoms with Crippen molar-refractivity contribution in [1.29, 1.82) is 0 Å². The van der Waals surface area contributed by atoms with Crippen LogP contribution in [0.1, 0.15) is 18.5 Å². The first-order chi connectivity index (χ1) is 15.6. The van der Waals surface area contributed by atoms with E-state index in [0.29, 0.717) is 12.3 Å². The Balaban J connectivity index is 1.55. The van der Waals surface area contributed by atoms with Crippen LogP contribution in [0.15, 0.2) is 78.9 Å². The summed E-state index contributed by atoms with van der Waals surface area (Å²) in [5.74, 6) is -1.29. The van der Waals surface area contributed by atoms with Crippen LogP contribution in [-0.4, -0.2) is 24.5 Å². The van der Waals surface area contributed by atoms with Gasteiger partial charge < -0.3 is 4.74 Å². The molecule has 0 spiro atoms. The van der Waals surface area contributed by atoms with Crippen molar-refractivity contribution < 1.29 is 23.6 Å². The monoisotopic (exact) mass is 432 g/mol. The fourth-order valence-corrected chi connectivity index (χ4v) is 4.32.